The number of rotatable bonds is 8. The first-order valence-corrected chi connectivity index (χ1v) is 13.3. The Labute approximate surface area is 186 Å². The topological polar surface area (TPSA) is 185 Å². The van der Waals surface area contributed by atoms with E-state index in [-0.39, 0.29) is 39.7 Å². The zero-order chi connectivity index (χ0) is 23.5. The molecule has 170 valence electrons. The van der Waals surface area contributed by atoms with Crippen molar-refractivity contribution in [3.05, 3.63) is 65.5 Å². The number of hydrogen-bond donors (Lipinski definition) is 3. The molecule has 0 aliphatic heterocycles. The Morgan fingerprint density at radius 1 is 0.719 bits per heavy atom. The zero-order valence-corrected chi connectivity index (χ0v) is 18.6. The summed E-state index contributed by atoms with van der Waals surface area (Å²) >= 11 is -2.17. The predicted molar refractivity (Wildman–Crippen MR) is 116 cm³/mol. The number of pyridine rings is 3. The second-order valence-electron chi connectivity index (χ2n) is 6.76. The van der Waals surface area contributed by atoms with Crippen molar-refractivity contribution < 1.29 is 34.7 Å². The van der Waals surface area contributed by atoms with Crippen LogP contribution in [0.3, 0.4) is 0 Å². The Hall–Kier alpha value is -2.62. The summed E-state index contributed by atoms with van der Waals surface area (Å²) in [4.78, 5) is 12.7. The maximum Gasteiger partial charge on any atom is 0.269 e. The van der Waals surface area contributed by atoms with Gasteiger partial charge in [-0.3, -0.25) is 19.1 Å². The van der Waals surface area contributed by atoms with Crippen LogP contribution in [0.5, 0.6) is 0 Å². The highest BCUT2D eigenvalue weighted by Crippen LogP contribution is 2.25. The molecule has 0 saturated carbocycles. The van der Waals surface area contributed by atoms with Crippen LogP contribution in [0.1, 0.15) is 16.7 Å². The van der Waals surface area contributed by atoms with E-state index in [0.29, 0.717) is 5.56 Å². The summed E-state index contributed by atoms with van der Waals surface area (Å²) in [5.74, 6) is -1.50. The summed E-state index contributed by atoms with van der Waals surface area (Å²) in [7, 11) is -8.54. The third-order valence-corrected chi connectivity index (χ3v) is 6.02. The highest BCUT2D eigenvalue weighted by atomic mass is 32.2. The highest BCUT2D eigenvalue weighted by Gasteiger charge is 2.14. The Morgan fingerprint density at radius 2 is 1.12 bits per heavy atom. The molecule has 0 amide bonds. The lowest BCUT2D eigenvalue weighted by Gasteiger charge is -2.10. The van der Waals surface area contributed by atoms with Gasteiger partial charge in [0.2, 0.25) is 0 Å². The number of nitrogens with zero attached hydrogens (tertiary/aromatic N) is 3. The molecule has 0 radical (unpaired) electrons. The van der Waals surface area contributed by atoms with Crippen LogP contribution in [0.2, 0.25) is 0 Å². The molecule has 0 fully saturated rings. The summed E-state index contributed by atoms with van der Waals surface area (Å²) in [5.41, 5.74) is 1.87. The van der Waals surface area contributed by atoms with Crippen LogP contribution in [0, 0.1) is 0 Å². The molecular formula is C18H17N3O8S3. The van der Waals surface area contributed by atoms with Crippen molar-refractivity contribution in [1.29, 1.82) is 0 Å². The summed E-state index contributed by atoms with van der Waals surface area (Å²) in [6.07, 6.45) is 2.66. The van der Waals surface area contributed by atoms with Crippen molar-refractivity contribution >= 4 is 31.3 Å². The van der Waals surface area contributed by atoms with E-state index in [0.717, 1.165) is 0 Å². The molecule has 32 heavy (non-hydrogen) atoms. The molecule has 3 N–H and O–H groups in total. The maximum absolute atomic E-state index is 11.4. The lowest BCUT2D eigenvalue weighted by Crippen LogP contribution is -2.03. The first-order valence-electron chi connectivity index (χ1n) is 8.77. The van der Waals surface area contributed by atoms with Crippen molar-refractivity contribution in [3.8, 4) is 22.8 Å². The molecule has 3 heterocycles. The van der Waals surface area contributed by atoms with E-state index in [9.17, 15) is 25.6 Å². The molecule has 3 aromatic rings. The summed E-state index contributed by atoms with van der Waals surface area (Å²) in [6.45, 7) is 0. The van der Waals surface area contributed by atoms with Gasteiger partial charge in [0.25, 0.3) is 20.2 Å². The summed E-state index contributed by atoms with van der Waals surface area (Å²) < 4.78 is 83.6. The monoisotopic (exact) mass is 499 g/mol. The lowest BCUT2D eigenvalue weighted by atomic mass is 10.1. The average molecular weight is 500 g/mol. The molecule has 14 heteroatoms. The van der Waals surface area contributed by atoms with Crippen molar-refractivity contribution in [1.82, 2.24) is 15.0 Å². The zero-order valence-electron chi connectivity index (χ0n) is 16.2. The van der Waals surface area contributed by atoms with Gasteiger partial charge in [0.15, 0.2) is 11.1 Å². The Morgan fingerprint density at radius 3 is 1.50 bits per heavy atom. The van der Waals surface area contributed by atoms with E-state index >= 15 is 0 Å². The van der Waals surface area contributed by atoms with Gasteiger partial charge in [-0.1, -0.05) is 0 Å². The predicted octanol–water partition coefficient (Wildman–Crippen LogP) is 1.70. The number of hydrogen-bond acceptors (Lipinski definition) is 8. The van der Waals surface area contributed by atoms with E-state index in [1.165, 1.54) is 48.8 Å². The molecule has 0 bridgehead atoms. The van der Waals surface area contributed by atoms with Crippen LogP contribution in [0.4, 0.5) is 0 Å². The quantitative estimate of drug-likeness (QED) is 0.302. The Bertz CT molecular complexity index is 1300. The fourth-order valence-electron chi connectivity index (χ4n) is 2.91. The van der Waals surface area contributed by atoms with Crippen molar-refractivity contribution in [2.24, 2.45) is 0 Å². The maximum atomic E-state index is 11.4. The van der Waals surface area contributed by atoms with Gasteiger partial charge >= 0.3 is 0 Å². The summed E-state index contributed by atoms with van der Waals surface area (Å²) in [5, 5.41) is 0. The standard InChI is InChI=1S/C18H17N3O8S3/c22-30(23)9-14-7-17(15-5-12(1-3-19-15)10-31(24,25)26)21-18(8-14)16-6-13(2-4-20-16)11-32(27,28)29/h1-8H,9-11H2,(H,22,23)(H,24,25,26)(H,27,28,29). The van der Waals surface area contributed by atoms with Crippen LogP contribution < -0.4 is 0 Å². The Balaban J connectivity index is 2.10. The molecule has 3 rings (SSSR count). The van der Waals surface area contributed by atoms with Crippen LogP contribution in [0.25, 0.3) is 22.8 Å². The van der Waals surface area contributed by atoms with Gasteiger partial charge in [0, 0.05) is 12.4 Å². The third-order valence-electron chi connectivity index (χ3n) is 4.05. The molecule has 11 nitrogen and oxygen atoms in total. The van der Waals surface area contributed by atoms with Gasteiger partial charge in [-0.15, -0.1) is 0 Å². The van der Waals surface area contributed by atoms with E-state index in [1.807, 2.05) is 0 Å². The van der Waals surface area contributed by atoms with Crippen LogP contribution in [0.15, 0.2) is 48.8 Å². The van der Waals surface area contributed by atoms with Crippen molar-refractivity contribution in [2.75, 3.05) is 0 Å². The van der Waals surface area contributed by atoms with Crippen molar-refractivity contribution in [2.45, 2.75) is 17.3 Å². The normalized spacial score (nSPS) is 13.1. The molecule has 0 aliphatic rings. The molecular weight excluding hydrogens is 482 g/mol. The molecule has 0 aromatic carbocycles. The van der Waals surface area contributed by atoms with Gasteiger partial charge < -0.3 is 4.55 Å². The van der Waals surface area contributed by atoms with E-state index in [2.05, 4.69) is 15.0 Å². The van der Waals surface area contributed by atoms with E-state index < -0.39 is 42.8 Å². The third kappa shape index (κ3) is 7.22. The minimum absolute atomic E-state index is 0.238. The van der Waals surface area contributed by atoms with Gasteiger partial charge in [-0.05, 0) is 53.1 Å². The lowest BCUT2D eigenvalue weighted by molar-refractivity contribution is 0.479. The van der Waals surface area contributed by atoms with Gasteiger partial charge in [0.1, 0.15) is 11.5 Å². The minimum atomic E-state index is -4.27. The molecule has 0 saturated heterocycles. The minimum Gasteiger partial charge on any atom is -0.306 e. The van der Waals surface area contributed by atoms with Gasteiger partial charge in [0.05, 0.1) is 28.5 Å². The molecule has 0 aliphatic carbocycles. The van der Waals surface area contributed by atoms with Crippen LogP contribution in [-0.4, -0.2) is 49.7 Å². The first kappa shape index (κ1) is 24.0. The van der Waals surface area contributed by atoms with Crippen LogP contribution >= 0.6 is 0 Å². The first-order chi connectivity index (χ1) is 14.9. The average Bonchev–Trinajstić information content (AvgIpc) is 2.65. The van der Waals surface area contributed by atoms with E-state index in [4.69, 9.17) is 9.11 Å². The Kier molecular flexibility index (Phi) is 7.12. The second kappa shape index (κ2) is 9.48. The number of aromatic nitrogens is 3. The van der Waals surface area contributed by atoms with Gasteiger partial charge in [-0.25, -0.2) is 9.19 Å². The molecule has 1 atom stereocenters. The molecule has 3 aromatic heterocycles. The van der Waals surface area contributed by atoms with Crippen molar-refractivity contribution in [3.63, 3.8) is 0 Å². The van der Waals surface area contributed by atoms with Gasteiger partial charge in [-0.2, -0.15) is 16.8 Å². The van der Waals surface area contributed by atoms with E-state index in [1.54, 1.807) is 0 Å². The molecule has 0 spiro atoms. The largest absolute Gasteiger partial charge is 0.306 e. The fourth-order valence-corrected chi connectivity index (χ4v) is 4.56. The summed E-state index contributed by atoms with van der Waals surface area (Å²) in [6, 6.07) is 8.62. The fraction of sp³-hybridized carbons (Fsp3) is 0.167. The van der Waals surface area contributed by atoms with Crippen LogP contribution in [-0.2, 0) is 48.6 Å². The smallest absolute Gasteiger partial charge is 0.269 e. The highest BCUT2D eigenvalue weighted by molar-refractivity contribution is 7.85. The molecule has 1 unspecified atom stereocenters. The second-order valence-corrected chi connectivity index (χ2v) is 10.6. The SMILES string of the molecule is O=S(O)Cc1cc(-c2cc(CS(=O)(=O)O)ccn2)nc(-c2cc(CS(=O)(=O)O)ccn2)c1.